The minimum atomic E-state index is -0.679. The summed E-state index contributed by atoms with van der Waals surface area (Å²) < 4.78 is 10.4. The van der Waals surface area contributed by atoms with Crippen molar-refractivity contribution in [3.8, 4) is 22.8 Å². The maximum absolute atomic E-state index is 13.0. The van der Waals surface area contributed by atoms with E-state index in [0.29, 0.717) is 19.3 Å². The molecule has 0 saturated heterocycles. The van der Waals surface area contributed by atoms with Gasteiger partial charge >= 0.3 is 11.9 Å². The summed E-state index contributed by atoms with van der Waals surface area (Å²) in [7, 11) is 2.84. The Bertz CT molecular complexity index is 1440. The van der Waals surface area contributed by atoms with Crippen LogP contribution in [0.5, 0.6) is 0 Å². The number of nitrogens with zero attached hydrogens (tertiary/aromatic N) is 4. The van der Waals surface area contributed by atoms with Crippen molar-refractivity contribution in [1.29, 1.82) is 0 Å². The van der Waals surface area contributed by atoms with Gasteiger partial charge in [-0.3, -0.25) is 29.5 Å². The van der Waals surface area contributed by atoms with Gasteiger partial charge in [0.05, 0.1) is 48.8 Å². The number of carbonyl (C=O) groups excluding carboxylic acids is 2. The molecule has 2 aliphatic rings. The summed E-state index contributed by atoms with van der Waals surface area (Å²) in [6, 6.07) is 16.1. The Hall–Kier alpha value is -4.46. The predicted octanol–water partition coefficient (Wildman–Crippen LogP) is 5.29. The molecule has 0 radical (unpaired) electrons. The van der Waals surface area contributed by atoms with Crippen LogP contribution in [0.3, 0.4) is 0 Å². The van der Waals surface area contributed by atoms with E-state index in [1.54, 1.807) is 24.8 Å². The van der Waals surface area contributed by atoms with E-state index in [1.807, 2.05) is 38.1 Å². The summed E-state index contributed by atoms with van der Waals surface area (Å²) in [4.78, 5) is 45.0. The number of ether oxygens (including phenoxy) is 2. The number of aromatic nitrogens is 4. The Labute approximate surface area is 239 Å². The van der Waals surface area contributed by atoms with Crippen LogP contribution in [0.4, 0.5) is 0 Å². The van der Waals surface area contributed by atoms with Crippen LogP contribution in [0.15, 0.2) is 73.3 Å². The first-order valence-electron chi connectivity index (χ1n) is 13.8. The summed E-state index contributed by atoms with van der Waals surface area (Å²) in [5, 5.41) is 0. The minimum absolute atomic E-state index is 0.278. The molecule has 6 rings (SSSR count). The molecule has 0 aliphatic heterocycles. The van der Waals surface area contributed by atoms with E-state index in [9.17, 15) is 9.59 Å². The molecule has 0 spiro atoms. The van der Waals surface area contributed by atoms with Crippen molar-refractivity contribution >= 4 is 11.9 Å². The first kappa shape index (κ1) is 26.7. The van der Waals surface area contributed by atoms with E-state index in [4.69, 9.17) is 29.4 Å². The second kappa shape index (κ2) is 10.2. The van der Waals surface area contributed by atoms with Crippen molar-refractivity contribution in [3.05, 3.63) is 95.6 Å². The van der Waals surface area contributed by atoms with E-state index in [0.717, 1.165) is 45.0 Å². The largest absolute Gasteiger partial charge is 0.469 e. The molecule has 0 aromatic carbocycles. The lowest BCUT2D eigenvalue weighted by Gasteiger charge is -2.43. The van der Waals surface area contributed by atoms with E-state index in [1.165, 1.54) is 14.2 Å². The lowest BCUT2D eigenvalue weighted by Crippen LogP contribution is -2.41. The average molecular weight is 549 g/mol. The Kier molecular flexibility index (Phi) is 6.64. The smallest absolute Gasteiger partial charge is 0.308 e. The molecule has 4 aromatic rings. The predicted molar refractivity (Wildman–Crippen MR) is 153 cm³/mol. The molecule has 0 fully saturated rings. The highest BCUT2D eigenvalue weighted by Crippen LogP contribution is 2.61. The molecular formula is C33H32N4O4. The second-order valence-electron chi connectivity index (χ2n) is 11.2. The Morgan fingerprint density at radius 1 is 0.610 bits per heavy atom. The van der Waals surface area contributed by atoms with Gasteiger partial charge in [-0.15, -0.1) is 0 Å². The average Bonchev–Trinajstić information content (AvgIpc) is 3.44. The van der Waals surface area contributed by atoms with Gasteiger partial charge in [-0.1, -0.05) is 38.1 Å². The normalized spacial score (nSPS) is 16.5. The van der Waals surface area contributed by atoms with Crippen LogP contribution in [0, 0.1) is 11.8 Å². The Morgan fingerprint density at radius 3 is 1.17 bits per heavy atom. The number of rotatable bonds is 8. The maximum atomic E-state index is 13.0. The van der Waals surface area contributed by atoms with E-state index < -0.39 is 22.7 Å². The fourth-order valence-corrected chi connectivity index (χ4v) is 7.31. The number of methoxy groups -OCH3 is 2. The van der Waals surface area contributed by atoms with E-state index in [2.05, 4.69) is 24.3 Å². The zero-order valence-corrected chi connectivity index (χ0v) is 23.6. The number of fused-ring (bicyclic) bond motifs is 6. The van der Waals surface area contributed by atoms with Crippen molar-refractivity contribution in [3.63, 3.8) is 0 Å². The highest BCUT2D eigenvalue weighted by atomic mass is 16.5. The van der Waals surface area contributed by atoms with Crippen LogP contribution in [0.1, 0.15) is 55.4 Å². The number of esters is 2. The molecule has 8 heteroatoms. The highest BCUT2D eigenvalue weighted by Gasteiger charge is 2.55. The number of carbonyl (C=O) groups is 2. The van der Waals surface area contributed by atoms with Gasteiger partial charge in [0.1, 0.15) is 0 Å². The molecule has 0 N–H and O–H groups in total. The van der Waals surface area contributed by atoms with E-state index in [-0.39, 0.29) is 11.9 Å². The van der Waals surface area contributed by atoms with Crippen molar-refractivity contribution in [2.24, 2.45) is 11.8 Å². The molecule has 2 atom stereocenters. The van der Waals surface area contributed by atoms with Crippen LogP contribution in [-0.2, 0) is 29.9 Å². The summed E-state index contributed by atoms with van der Waals surface area (Å²) in [6.07, 6.45) is 8.59. The summed E-state index contributed by atoms with van der Waals surface area (Å²) in [6.45, 7) is 3.81. The molecule has 2 aliphatic carbocycles. The third-order valence-electron chi connectivity index (χ3n) is 8.86. The van der Waals surface area contributed by atoms with Crippen LogP contribution < -0.4 is 0 Å². The zero-order valence-electron chi connectivity index (χ0n) is 23.6. The zero-order chi connectivity index (χ0) is 28.8. The van der Waals surface area contributed by atoms with Gasteiger partial charge in [0.2, 0.25) is 0 Å². The lowest BCUT2D eigenvalue weighted by molar-refractivity contribution is -0.145. The lowest BCUT2D eigenvalue weighted by atomic mass is 9.58. The third kappa shape index (κ3) is 4.04. The fraction of sp³-hybridized carbons (Fsp3) is 0.333. The summed E-state index contributed by atoms with van der Waals surface area (Å²) in [5.41, 5.74) is 5.94. The number of hydrogen-bond acceptors (Lipinski definition) is 8. The van der Waals surface area contributed by atoms with Gasteiger partial charge < -0.3 is 9.47 Å². The monoisotopic (exact) mass is 548 g/mol. The number of pyridine rings is 4. The molecule has 4 aromatic heterocycles. The molecule has 208 valence electrons. The molecule has 8 nitrogen and oxygen atoms in total. The highest BCUT2D eigenvalue weighted by molar-refractivity contribution is 5.80. The topological polar surface area (TPSA) is 104 Å². The van der Waals surface area contributed by atoms with Crippen LogP contribution >= 0.6 is 0 Å². The van der Waals surface area contributed by atoms with Crippen molar-refractivity contribution in [2.45, 2.75) is 43.9 Å². The van der Waals surface area contributed by atoms with Gasteiger partial charge in [-0.2, -0.15) is 0 Å². The Morgan fingerprint density at radius 2 is 0.902 bits per heavy atom. The third-order valence-corrected chi connectivity index (χ3v) is 8.86. The van der Waals surface area contributed by atoms with Crippen molar-refractivity contribution < 1.29 is 19.1 Å². The maximum Gasteiger partial charge on any atom is 0.308 e. The molecule has 2 unspecified atom stereocenters. The quantitative estimate of drug-likeness (QED) is 0.274. The standard InChI is InChI=1S/C33H32N4O4/c1-20(30(38)40-3)17-32(22-9-5-13-34-26(22)27-23(32)10-6-14-35-27)19-33(18-21(2)31(39)41-4)24-11-7-15-36-28(24)29-25(33)12-8-16-37-29/h5-16,20-21H,17-19H2,1-4H3. The second-order valence-corrected chi connectivity index (χ2v) is 11.2. The first-order chi connectivity index (χ1) is 19.9. The van der Waals surface area contributed by atoms with Crippen molar-refractivity contribution in [1.82, 2.24) is 19.9 Å². The van der Waals surface area contributed by atoms with Crippen molar-refractivity contribution in [2.75, 3.05) is 14.2 Å². The summed E-state index contributed by atoms with van der Waals surface area (Å²) in [5.74, 6) is -1.39. The van der Waals surface area contributed by atoms with Gasteiger partial charge in [-0.25, -0.2) is 0 Å². The fourth-order valence-electron chi connectivity index (χ4n) is 7.31. The molecular weight excluding hydrogens is 516 g/mol. The van der Waals surface area contributed by atoms with Gasteiger partial charge in [0.15, 0.2) is 0 Å². The molecule has 0 amide bonds. The first-order valence-corrected chi connectivity index (χ1v) is 13.8. The SMILES string of the molecule is COC(=O)C(C)CC1(CC2(CC(C)C(=O)OC)c3cccnc3-c3ncccc32)c2cccnc2-c2ncccc21. The van der Waals surface area contributed by atoms with Crippen LogP contribution in [0.2, 0.25) is 0 Å². The minimum Gasteiger partial charge on any atom is -0.469 e. The molecule has 41 heavy (non-hydrogen) atoms. The summed E-state index contributed by atoms with van der Waals surface area (Å²) >= 11 is 0. The van der Waals surface area contributed by atoms with Gasteiger partial charge in [-0.05, 0) is 65.8 Å². The Balaban J connectivity index is 1.65. The van der Waals surface area contributed by atoms with E-state index >= 15 is 0 Å². The van der Waals surface area contributed by atoms with Crippen LogP contribution in [-0.4, -0.2) is 46.1 Å². The van der Waals surface area contributed by atoms with Gasteiger partial charge in [0, 0.05) is 35.6 Å². The van der Waals surface area contributed by atoms with Gasteiger partial charge in [0.25, 0.3) is 0 Å². The van der Waals surface area contributed by atoms with Crippen LogP contribution in [0.25, 0.3) is 22.8 Å². The molecule has 4 heterocycles. The molecule has 0 saturated carbocycles. The molecule has 0 bridgehead atoms. The number of hydrogen-bond donors (Lipinski definition) is 0.